The van der Waals surface area contributed by atoms with Crippen LogP contribution in [0.5, 0.6) is 0 Å². The normalized spacial score (nSPS) is 10.3. The molecule has 0 unspecified atom stereocenters. The van der Waals surface area contributed by atoms with E-state index in [9.17, 15) is 4.79 Å². The van der Waals surface area contributed by atoms with Gasteiger partial charge in [-0.3, -0.25) is 4.79 Å². The van der Waals surface area contributed by atoms with Crippen LogP contribution in [0.15, 0.2) is 48.6 Å². The standard InChI is InChI=1S/C13H15NO/c1-11(13(15)14(2)3)9-10-12-7-5-4-6-8-12/h4-10H,1H2,2-3H3. The smallest absolute Gasteiger partial charge is 0.252 e. The number of amides is 1. The van der Waals surface area contributed by atoms with Gasteiger partial charge in [0.05, 0.1) is 0 Å². The molecule has 0 aliphatic carbocycles. The van der Waals surface area contributed by atoms with E-state index in [0.717, 1.165) is 5.56 Å². The fourth-order valence-corrected chi connectivity index (χ4v) is 1.12. The van der Waals surface area contributed by atoms with Gasteiger partial charge in [0.1, 0.15) is 0 Å². The molecular formula is C13H15NO. The average molecular weight is 201 g/mol. The summed E-state index contributed by atoms with van der Waals surface area (Å²) in [5.41, 5.74) is 1.55. The molecule has 1 aromatic carbocycles. The number of nitrogens with zero attached hydrogens (tertiary/aromatic N) is 1. The maximum Gasteiger partial charge on any atom is 0.252 e. The highest BCUT2D eigenvalue weighted by molar-refractivity contribution is 5.96. The Kier molecular flexibility index (Phi) is 3.86. The Balaban J connectivity index is 2.67. The summed E-state index contributed by atoms with van der Waals surface area (Å²) in [5.74, 6) is -0.0674. The fourth-order valence-electron chi connectivity index (χ4n) is 1.12. The molecule has 2 heteroatoms. The lowest BCUT2D eigenvalue weighted by molar-refractivity contribution is -0.124. The third-order valence-corrected chi connectivity index (χ3v) is 1.96. The van der Waals surface area contributed by atoms with Crippen molar-refractivity contribution in [1.29, 1.82) is 0 Å². The Labute approximate surface area is 90.5 Å². The van der Waals surface area contributed by atoms with Gasteiger partial charge < -0.3 is 4.90 Å². The van der Waals surface area contributed by atoms with Crippen LogP contribution >= 0.6 is 0 Å². The van der Waals surface area contributed by atoms with E-state index in [1.165, 1.54) is 4.90 Å². The van der Waals surface area contributed by atoms with Gasteiger partial charge in [-0.05, 0) is 11.6 Å². The van der Waals surface area contributed by atoms with Gasteiger partial charge in [-0.1, -0.05) is 43.0 Å². The van der Waals surface area contributed by atoms with E-state index >= 15 is 0 Å². The molecule has 0 heterocycles. The van der Waals surface area contributed by atoms with Crippen molar-refractivity contribution in [3.05, 3.63) is 54.1 Å². The SMILES string of the molecule is C=C(C=Cc1ccccc1)C(=O)N(C)C. The molecule has 0 N–H and O–H groups in total. The molecule has 2 nitrogen and oxygen atoms in total. The van der Waals surface area contributed by atoms with E-state index in [2.05, 4.69) is 6.58 Å². The van der Waals surface area contributed by atoms with Crippen LogP contribution in [0.4, 0.5) is 0 Å². The predicted octanol–water partition coefficient (Wildman–Crippen LogP) is 2.34. The number of rotatable bonds is 3. The van der Waals surface area contributed by atoms with Crippen molar-refractivity contribution in [2.45, 2.75) is 0 Å². The molecule has 0 spiro atoms. The van der Waals surface area contributed by atoms with Gasteiger partial charge in [-0.25, -0.2) is 0 Å². The monoisotopic (exact) mass is 201 g/mol. The summed E-state index contributed by atoms with van der Waals surface area (Å²) in [6, 6.07) is 9.82. The van der Waals surface area contributed by atoms with Crippen LogP contribution in [-0.2, 0) is 4.79 Å². The van der Waals surface area contributed by atoms with Crippen molar-refractivity contribution in [3.63, 3.8) is 0 Å². The molecule has 1 rings (SSSR count). The van der Waals surface area contributed by atoms with Crippen molar-refractivity contribution >= 4 is 12.0 Å². The maximum absolute atomic E-state index is 11.4. The minimum Gasteiger partial charge on any atom is -0.345 e. The molecule has 0 atom stereocenters. The quantitative estimate of drug-likeness (QED) is 0.543. The third kappa shape index (κ3) is 3.43. The lowest BCUT2D eigenvalue weighted by atomic mass is 10.1. The summed E-state index contributed by atoms with van der Waals surface area (Å²) < 4.78 is 0. The first-order valence-electron chi connectivity index (χ1n) is 4.75. The number of hydrogen-bond acceptors (Lipinski definition) is 1. The second-order valence-electron chi connectivity index (χ2n) is 3.47. The molecule has 0 aliphatic rings. The van der Waals surface area contributed by atoms with E-state index < -0.39 is 0 Å². The summed E-state index contributed by atoms with van der Waals surface area (Å²) in [6.07, 6.45) is 3.61. The maximum atomic E-state index is 11.4. The first kappa shape index (κ1) is 11.2. The molecule has 78 valence electrons. The van der Waals surface area contributed by atoms with Crippen LogP contribution in [0.2, 0.25) is 0 Å². The Bertz CT molecular complexity index is 377. The Morgan fingerprint density at radius 2 is 1.87 bits per heavy atom. The molecule has 0 aliphatic heterocycles. The van der Waals surface area contributed by atoms with Gasteiger partial charge >= 0.3 is 0 Å². The average Bonchev–Trinajstić information content (AvgIpc) is 2.26. The van der Waals surface area contributed by atoms with Gasteiger partial charge in [0, 0.05) is 19.7 Å². The van der Waals surface area contributed by atoms with Gasteiger partial charge in [0.15, 0.2) is 0 Å². The first-order chi connectivity index (χ1) is 7.11. The molecule has 0 aromatic heterocycles. The Morgan fingerprint density at radius 3 is 2.40 bits per heavy atom. The van der Waals surface area contributed by atoms with E-state index in [1.54, 1.807) is 20.2 Å². The van der Waals surface area contributed by atoms with Crippen molar-refractivity contribution in [1.82, 2.24) is 4.90 Å². The molecule has 0 bridgehead atoms. The molecular weight excluding hydrogens is 186 g/mol. The summed E-state index contributed by atoms with van der Waals surface area (Å²) in [4.78, 5) is 13.0. The zero-order valence-corrected chi connectivity index (χ0v) is 9.10. The van der Waals surface area contributed by atoms with E-state index in [0.29, 0.717) is 5.57 Å². The molecule has 0 saturated heterocycles. The molecule has 0 fully saturated rings. The van der Waals surface area contributed by atoms with Gasteiger partial charge in [0.2, 0.25) is 0 Å². The summed E-state index contributed by atoms with van der Waals surface area (Å²) in [5, 5.41) is 0. The second-order valence-corrected chi connectivity index (χ2v) is 3.47. The highest BCUT2D eigenvalue weighted by Crippen LogP contribution is 2.05. The van der Waals surface area contributed by atoms with Crippen LogP contribution < -0.4 is 0 Å². The minimum absolute atomic E-state index is 0.0674. The van der Waals surface area contributed by atoms with Gasteiger partial charge in [-0.15, -0.1) is 0 Å². The summed E-state index contributed by atoms with van der Waals surface area (Å²) >= 11 is 0. The zero-order valence-electron chi connectivity index (χ0n) is 9.10. The first-order valence-corrected chi connectivity index (χ1v) is 4.75. The van der Waals surface area contributed by atoms with Crippen molar-refractivity contribution in [3.8, 4) is 0 Å². The predicted molar refractivity (Wildman–Crippen MR) is 63.3 cm³/mol. The van der Waals surface area contributed by atoms with Crippen molar-refractivity contribution in [2.75, 3.05) is 14.1 Å². The van der Waals surface area contributed by atoms with E-state index in [4.69, 9.17) is 0 Å². The van der Waals surface area contributed by atoms with Crippen LogP contribution in [0.1, 0.15) is 5.56 Å². The number of hydrogen-bond donors (Lipinski definition) is 0. The number of carbonyl (C=O) groups excluding carboxylic acids is 1. The number of likely N-dealkylation sites (N-methyl/N-ethyl adjacent to an activating group) is 1. The van der Waals surface area contributed by atoms with E-state index in [-0.39, 0.29) is 5.91 Å². The van der Waals surface area contributed by atoms with E-state index in [1.807, 2.05) is 36.4 Å². The minimum atomic E-state index is -0.0674. The molecule has 1 aromatic rings. The van der Waals surface area contributed by atoms with Gasteiger partial charge in [-0.2, -0.15) is 0 Å². The zero-order chi connectivity index (χ0) is 11.3. The summed E-state index contributed by atoms with van der Waals surface area (Å²) in [7, 11) is 3.42. The lowest BCUT2D eigenvalue weighted by Crippen LogP contribution is -2.22. The van der Waals surface area contributed by atoms with Gasteiger partial charge in [0.25, 0.3) is 5.91 Å². The molecule has 0 saturated carbocycles. The molecule has 1 amide bonds. The third-order valence-electron chi connectivity index (χ3n) is 1.96. The van der Waals surface area contributed by atoms with Crippen LogP contribution in [0.3, 0.4) is 0 Å². The molecule has 15 heavy (non-hydrogen) atoms. The fraction of sp³-hybridized carbons (Fsp3) is 0.154. The highest BCUT2D eigenvalue weighted by Gasteiger charge is 2.04. The molecule has 0 radical (unpaired) electrons. The Hall–Kier alpha value is -1.83. The summed E-state index contributed by atoms with van der Waals surface area (Å²) in [6.45, 7) is 3.71. The number of carbonyl (C=O) groups is 1. The largest absolute Gasteiger partial charge is 0.345 e. The topological polar surface area (TPSA) is 20.3 Å². The second kappa shape index (κ2) is 5.15. The lowest BCUT2D eigenvalue weighted by Gasteiger charge is -2.09. The van der Waals surface area contributed by atoms with Crippen LogP contribution in [0.25, 0.3) is 6.08 Å². The highest BCUT2D eigenvalue weighted by atomic mass is 16.2. The van der Waals surface area contributed by atoms with Crippen LogP contribution in [-0.4, -0.2) is 24.9 Å². The van der Waals surface area contributed by atoms with Crippen LogP contribution in [0, 0.1) is 0 Å². The van der Waals surface area contributed by atoms with Crippen molar-refractivity contribution in [2.24, 2.45) is 0 Å². The van der Waals surface area contributed by atoms with Crippen molar-refractivity contribution < 1.29 is 4.79 Å². The Morgan fingerprint density at radius 1 is 1.27 bits per heavy atom. The number of benzene rings is 1.